The number of nitrogens with zero attached hydrogens (tertiary/aromatic N) is 3. The summed E-state index contributed by atoms with van der Waals surface area (Å²) in [4.78, 5) is 2.83. The predicted molar refractivity (Wildman–Crippen MR) is 50.6 cm³/mol. The molecule has 0 aliphatic heterocycles. The number of alkyl halides is 3. The van der Waals surface area contributed by atoms with E-state index in [1.807, 2.05) is 0 Å². The lowest BCUT2D eigenvalue weighted by atomic mass is 10.3. The molecule has 2 aromatic heterocycles. The van der Waals surface area contributed by atoms with Crippen LogP contribution in [0.25, 0.3) is 0 Å². The zero-order chi connectivity index (χ0) is 12.9. The van der Waals surface area contributed by atoms with Gasteiger partial charge in [0.15, 0.2) is 0 Å². The molecule has 9 heteroatoms. The molecule has 17 heavy (non-hydrogen) atoms. The fraction of sp³-hybridized carbons (Fsp3) is 0.125. The summed E-state index contributed by atoms with van der Waals surface area (Å²) in [5.41, 5.74) is -1.06. The summed E-state index contributed by atoms with van der Waals surface area (Å²) >= 11 is 5.08. The fourth-order valence-electron chi connectivity index (χ4n) is 0.743. The second kappa shape index (κ2) is 5.58. The van der Waals surface area contributed by atoms with Crippen LogP contribution in [0.2, 0.25) is 5.02 Å². The van der Waals surface area contributed by atoms with Crippen molar-refractivity contribution in [2.45, 2.75) is 6.18 Å². The van der Waals surface area contributed by atoms with Gasteiger partial charge in [-0.25, -0.2) is 4.98 Å². The van der Waals surface area contributed by atoms with Gasteiger partial charge in [-0.15, -0.1) is 0 Å². The molecule has 0 amide bonds. The first-order chi connectivity index (χ1) is 7.91. The first kappa shape index (κ1) is 13.4. The second-order valence-electron chi connectivity index (χ2n) is 2.65. The first-order valence-corrected chi connectivity index (χ1v) is 4.47. The molecular formula is C8H5ClF4N4. The van der Waals surface area contributed by atoms with E-state index in [1.54, 1.807) is 12.4 Å². The van der Waals surface area contributed by atoms with Crippen LogP contribution in [0.5, 0.6) is 0 Å². The predicted octanol–water partition coefficient (Wildman–Crippen LogP) is 2.70. The van der Waals surface area contributed by atoms with Crippen molar-refractivity contribution >= 4 is 11.6 Å². The van der Waals surface area contributed by atoms with Gasteiger partial charge in [-0.2, -0.15) is 33.0 Å². The van der Waals surface area contributed by atoms with Crippen molar-refractivity contribution in [2.24, 2.45) is 0 Å². The van der Waals surface area contributed by atoms with E-state index in [4.69, 9.17) is 11.6 Å². The summed E-state index contributed by atoms with van der Waals surface area (Å²) in [5.74, 6) is -1.11. The molecule has 0 saturated heterocycles. The van der Waals surface area contributed by atoms with Crippen LogP contribution in [0, 0.1) is 5.95 Å². The van der Waals surface area contributed by atoms with Crippen LogP contribution < -0.4 is 0 Å². The largest absolute Gasteiger partial charge is 0.417 e. The Kier molecular flexibility index (Phi) is 4.38. The summed E-state index contributed by atoms with van der Waals surface area (Å²) in [7, 11) is 0. The molecule has 0 fully saturated rings. The van der Waals surface area contributed by atoms with E-state index in [0.29, 0.717) is 12.3 Å². The van der Waals surface area contributed by atoms with Gasteiger partial charge in [-0.1, -0.05) is 11.6 Å². The molecule has 0 spiro atoms. The van der Waals surface area contributed by atoms with E-state index in [-0.39, 0.29) is 0 Å². The fourth-order valence-corrected chi connectivity index (χ4v) is 0.909. The van der Waals surface area contributed by atoms with Crippen molar-refractivity contribution in [3.05, 3.63) is 41.2 Å². The van der Waals surface area contributed by atoms with Crippen molar-refractivity contribution in [2.75, 3.05) is 0 Å². The third-order valence-corrected chi connectivity index (χ3v) is 1.72. The molecule has 0 unspecified atom stereocenters. The minimum atomic E-state index is -4.54. The molecule has 0 aliphatic rings. The average Bonchev–Trinajstić information content (AvgIpc) is 2.78. The van der Waals surface area contributed by atoms with E-state index >= 15 is 0 Å². The van der Waals surface area contributed by atoms with Crippen LogP contribution in [-0.2, 0) is 6.18 Å². The van der Waals surface area contributed by atoms with Crippen LogP contribution in [0.1, 0.15) is 5.56 Å². The summed E-state index contributed by atoms with van der Waals surface area (Å²) in [6.07, 6.45) is -0.981. The van der Waals surface area contributed by atoms with E-state index in [2.05, 4.69) is 20.4 Å². The summed E-state index contributed by atoms with van der Waals surface area (Å²) < 4.78 is 47.9. The maximum Gasteiger partial charge on any atom is 0.417 e. The number of rotatable bonds is 0. The maximum absolute atomic E-state index is 12.3. The Bertz CT molecular complexity index is 440. The van der Waals surface area contributed by atoms with E-state index in [1.165, 1.54) is 0 Å². The van der Waals surface area contributed by atoms with Crippen LogP contribution in [0.3, 0.4) is 0 Å². The SMILES string of the molecule is Fc1ncc(C(F)(F)F)cc1Cl.c1cn[nH]n1. The van der Waals surface area contributed by atoms with Crippen molar-refractivity contribution in [1.82, 2.24) is 20.4 Å². The number of hydrogen-bond donors (Lipinski definition) is 1. The molecule has 2 rings (SSSR count). The highest BCUT2D eigenvalue weighted by molar-refractivity contribution is 6.30. The van der Waals surface area contributed by atoms with Gasteiger partial charge >= 0.3 is 6.18 Å². The van der Waals surface area contributed by atoms with Gasteiger partial charge in [0.05, 0.1) is 23.0 Å². The van der Waals surface area contributed by atoms with Crippen LogP contribution in [0.15, 0.2) is 24.7 Å². The molecule has 0 atom stereocenters. The number of H-pyrrole nitrogens is 1. The van der Waals surface area contributed by atoms with Gasteiger partial charge in [-0.05, 0) is 6.07 Å². The Morgan fingerprint density at radius 2 is 1.76 bits per heavy atom. The molecule has 2 heterocycles. The van der Waals surface area contributed by atoms with Gasteiger partial charge in [0.25, 0.3) is 0 Å². The Hall–Kier alpha value is -1.70. The Morgan fingerprint density at radius 3 is 2.12 bits per heavy atom. The van der Waals surface area contributed by atoms with Crippen LogP contribution >= 0.6 is 11.6 Å². The molecule has 2 aromatic rings. The molecule has 0 bridgehead atoms. The molecule has 92 valence electrons. The topological polar surface area (TPSA) is 54.5 Å². The van der Waals surface area contributed by atoms with Crippen molar-refractivity contribution in [1.29, 1.82) is 0 Å². The van der Waals surface area contributed by atoms with Gasteiger partial charge in [0, 0.05) is 6.20 Å². The average molecular weight is 269 g/mol. The second-order valence-corrected chi connectivity index (χ2v) is 3.06. The highest BCUT2D eigenvalue weighted by Gasteiger charge is 2.31. The molecular weight excluding hydrogens is 264 g/mol. The minimum absolute atomic E-state index is 0.390. The number of pyridine rings is 1. The van der Waals surface area contributed by atoms with Crippen LogP contribution in [-0.4, -0.2) is 20.4 Å². The van der Waals surface area contributed by atoms with Gasteiger partial charge in [0.2, 0.25) is 5.95 Å². The number of aromatic amines is 1. The van der Waals surface area contributed by atoms with E-state index < -0.39 is 22.7 Å². The number of hydrogen-bond acceptors (Lipinski definition) is 3. The quantitative estimate of drug-likeness (QED) is 0.590. The number of halogens is 5. The molecule has 1 N–H and O–H groups in total. The third kappa shape index (κ3) is 4.35. The highest BCUT2D eigenvalue weighted by atomic mass is 35.5. The van der Waals surface area contributed by atoms with Crippen LogP contribution in [0.4, 0.5) is 17.6 Å². The van der Waals surface area contributed by atoms with Gasteiger partial charge in [-0.3, -0.25) is 0 Å². The Balaban J connectivity index is 0.000000239. The molecule has 0 saturated carbocycles. The summed E-state index contributed by atoms with van der Waals surface area (Å²) in [5, 5.41) is 8.70. The minimum Gasteiger partial charge on any atom is -0.226 e. The number of nitrogens with one attached hydrogen (secondary N) is 1. The molecule has 0 aromatic carbocycles. The summed E-state index contributed by atoms with van der Waals surface area (Å²) in [6.45, 7) is 0. The van der Waals surface area contributed by atoms with Crippen molar-refractivity contribution < 1.29 is 17.6 Å². The molecule has 0 radical (unpaired) electrons. The monoisotopic (exact) mass is 268 g/mol. The van der Waals surface area contributed by atoms with Crippen molar-refractivity contribution in [3.63, 3.8) is 0 Å². The number of aromatic nitrogens is 4. The maximum atomic E-state index is 12.3. The van der Waals surface area contributed by atoms with E-state index in [9.17, 15) is 17.6 Å². The lowest BCUT2D eigenvalue weighted by Crippen LogP contribution is -2.05. The highest BCUT2D eigenvalue weighted by Crippen LogP contribution is 2.30. The normalized spacial score (nSPS) is 10.6. The zero-order valence-corrected chi connectivity index (χ0v) is 8.80. The van der Waals surface area contributed by atoms with E-state index in [0.717, 1.165) is 0 Å². The Morgan fingerprint density at radius 1 is 1.18 bits per heavy atom. The zero-order valence-electron chi connectivity index (χ0n) is 8.04. The lowest BCUT2D eigenvalue weighted by Gasteiger charge is -2.05. The van der Waals surface area contributed by atoms with Gasteiger partial charge < -0.3 is 0 Å². The summed E-state index contributed by atoms with van der Waals surface area (Å²) in [6, 6.07) is 0.490. The molecule has 4 nitrogen and oxygen atoms in total. The first-order valence-electron chi connectivity index (χ1n) is 4.09. The lowest BCUT2D eigenvalue weighted by molar-refractivity contribution is -0.137. The standard InChI is InChI=1S/C6H2ClF4N.C2H3N3/c7-4-1-3(6(9,10)11)2-12-5(4)8;1-2-4-5-3-1/h1-2H;1-2H,(H,3,4,5). The molecule has 0 aliphatic carbocycles. The Labute approximate surface area is 97.6 Å². The van der Waals surface area contributed by atoms with Crippen molar-refractivity contribution in [3.8, 4) is 0 Å². The van der Waals surface area contributed by atoms with Gasteiger partial charge in [0.1, 0.15) is 0 Å². The smallest absolute Gasteiger partial charge is 0.226 e. The third-order valence-electron chi connectivity index (χ3n) is 1.45.